The first-order chi connectivity index (χ1) is 19.8. The lowest BCUT2D eigenvalue weighted by atomic mass is 10.1. The van der Waals surface area contributed by atoms with Gasteiger partial charge in [0.15, 0.2) is 0 Å². The fourth-order valence-electron chi connectivity index (χ4n) is 6.01. The van der Waals surface area contributed by atoms with Crippen LogP contribution in [-0.4, -0.2) is 0 Å². The monoisotopic (exact) mass is 532 g/mol. The molecule has 0 aliphatic carbocycles. The molecule has 40 heavy (non-hydrogen) atoms. The fourth-order valence-corrected chi connectivity index (χ4v) is 8.31. The van der Waals surface area contributed by atoms with Gasteiger partial charge >= 0.3 is 0 Å². The zero-order valence-corrected chi connectivity index (χ0v) is 22.2. The van der Waals surface area contributed by atoms with Gasteiger partial charge in [-0.25, -0.2) is 0 Å². The molecule has 9 aromatic rings. The first-order valence-corrected chi connectivity index (χ1v) is 14.7. The highest BCUT2D eigenvalue weighted by Crippen LogP contribution is 2.39. The molecule has 3 aromatic heterocycles. The van der Waals surface area contributed by atoms with Crippen molar-refractivity contribution in [2.75, 3.05) is 0 Å². The van der Waals surface area contributed by atoms with Crippen LogP contribution in [0.2, 0.25) is 0 Å². The van der Waals surface area contributed by atoms with Crippen molar-refractivity contribution in [1.82, 2.24) is 0 Å². The highest BCUT2D eigenvalue weighted by molar-refractivity contribution is 7.79. The van der Waals surface area contributed by atoms with Crippen LogP contribution in [0.3, 0.4) is 0 Å². The molecule has 0 aliphatic heterocycles. The van der Waals surface area contributed by atoms with E-state index in [1.54, 1.807) is 0 Å². The summed E-state index contributed by atoms with van der Waals surface area (Å²) >= 11 is 0. The van der Waals surface area contributed by atoms with Crippen molar-refractivity contribution in [2.24, 2.45) is 0 Å². The van der Waals surface area contributed by atoms with Crippen LogP contribution in [0.1, 0.15) is 0 Å². The summed E-state index contributed by atoms with van der Waals surface area (Å²) in [5, 5.41) is 10.5. The molecule has 0 radical (unpaired) electrons. The zero-order valence-electron chi connectivity index (χ0n) is 21.3. The molecule has 3 nitrogen and oxygen atoms in total. The predicted molar refractivity (Wildman–Crippen MR) is 167 cm³/mol. The van der Waals surface area contributed by atoms with Crippen LogP contribution < -0.4 is 15.9 Å². The molecule has 4 heteroatoms. The molecule has 188 valence electrons. The third kappa shape index (κ3) is 3.22. The van der Waals surface area contributed by atoms with Crippen LogP contribution in [0.15, 0.2) is 141 Å². The summed E-state index contributed by atoms with van der Waals surface area (Å²) in [6.07, 6.45) is 0. The Labute approximate surface area is 230 Å². The molecule has 0 amide bonds. The second-order valence-electron chi connectivity index (χ2n) is 10.2. The Kier molecular flexibility index (Phi) is 4.58. The molecule has 0 saturated heterocycles. The van der Waals surface area contributed by atoms with Crippen LogP contribution in [-0.2, 0) is 0 Å². The van der Waals surface area contributed by atoms with Crippen LogP contribution in [0.4, 0.5) is 0 Å². The minimum Gasteiger partial charge on any atom is -0.456 e. The van der Waals surface area contributed by atoms with E-state index in [1.807, 2.05) is 36.4 Å². The summed E-state index contributed by atoms with van der Waals surface area (Å²) in [6, 6.07) is 44.7. The van der Waals surface area contributed by atoms with E-state index in [1.165, 1.54) is 15.9 Å². The lowest BCUT2D eigenvalue weighted by Gasteiger charge is -2.19. The largest absolute Gasteiger partial charge is 0.456 e. The van der Waals surface area contributed by atoms with Gasteiger partial charge in [-0.05, 0) is 78.4 Å². The van der Waals surface area contributed by atoms with E-state index in [-0.39, 0.29) is 0 Å². The third-order valence-corrected chi connectivity index (χ3v) is 10.2. The number of hydrogen-bond donors (Lipinski definition) is 0. The maximum atomic E-state index is 6.31. The van der Waals surface area contributed by atoms with Gasteiger partial charge in [0.05, 0.1) is 0 Å². The zero-order chi connectivity index (χ0) is 26.2. The van der Waals surface area contributed by atoms with Crippen LogP contribution in [0, 0.1) is 0 Å². The highest BCUT2D eigenvalue weighted by atomic mass is 31.1. The van der Waals surface area contributed by atoms with Crippen LogP contribution in [0.25, 0.3) is 65.8 Å². The normalized spacial score (nSPS) is 12.2. The molecule has 0 spiro atoms. The van der Waals surface area contributed by atoms with E-state index in [0.29, 0.717) is 0 Å². The quantitative estimate of drug-likeness (QED) is 0.213. The van der Waals surface area contributed by atoms with E-state index in [0.717, 1.165) is 65.8 Å². The van der Waals surface area contributed by atoms with E-state index >= 15 is 0 Å². The van der Waals surface area contributed by atoms with Crippen molar-refractivity contribution in [3.8, 4) is 0 Å². The van der Waals surface area contributed by atoms with Crippen molar-refractivity contribution in [3.63, 3.8) is 0 Å². The molecule has 9 rings (SSSR count). The van der Waals surface area contributed by atoms with Crippen LogP contribution in [0.5, 0.6) is 0 Å². The van der Waals surface area contributed by atoms with Gasteiger partial charge in [-0.15, -0.1) is 0 Å². The van der Waals surface area contributed by atoms with Gasteiger partial charge in [-0.1, -0.05) is 72.8 Å². The summed E-state index contributed by atoms with van der Waals surface area (Å²) in [5.74, 6) is 0. The number of benzene rings is 6. The molecular weight excluding hydrogens is 511 g/mol. The Morgan fingerprint density at radius 3 is 0.950 bits per heavy atom. The van der Waals surface area contributed by atoms with Gasteiger partial charge in [0.25, 0.3) is 0 Å². The average molecular weight is 533 g/mol. The second-order valence-corrected chi connectivity index (χ2v) is 12.4. The molecule has 0 unspecified atom stereocenters. The molecule has 0 fully saturated rings. The van der Waals surface area contributed by atoms with Gasteiger partial charge in [-0.2, -0.15) is 0 Å². The lowest BCUT2D eigenvalue weighted by molar-refractivity contribution is 0.669. The molecule has 0 aliphatic rings. The molecular formula is C36H21O3P. The summed E-state index contributed by atoms with van der Waals surface area (Å²) in [5.41, 5.74) is 5.44. The first-order valence-electron chi connectivity index (χ1n) is 13.3. The molecule has 0 N–H and O–H groups in total. The van der Waals surface area contributed by atoms with Crippen LogP contribution >= 0.6 is 7.92 Å². The van der Waals surface area contributed by atoms with Gasteiger partial charge in [0, 0.05) is 32.3 Å². The Morgan fingerprint density at radius 2 is 0.600 bits per heavy atom. The van der Waals surface area contributed by atoms with Crippen molar-refractivity contribution >= 4 is 89.7 Å². The van der Waals surface area contributed by atoms with Gasteiger partial charge in [0.1, 0.15) is 33.5 Å². The number of rotatable bonds is 3. The molecule has 0 atom stereocenters. The third-order valence-electron chi connectivity index (χ3n) is 7.86. The SMILES string of the molecule is c1ccc2c(c1)oc1cc(P(c3ccc4c(c3)oc3ccccc34)c3ccc4c(c3)oc3ccccc34)ccc12. The minimum atomic E-state index is -0.934. The van der Waals surface area contributed by atoms with E-state index in [2.05, 4.69) is 91.0 Å². The van der Waals surface area contributed by atoms with Crippen molar-refractivity contribution in [2.45, 2.75) is 0 Å². The summed E-state index contributed by atoms with van der Waals surface area (Å²) in [7, 11) is -0.934. The number of fused-ring (bicyclic) bond motifs is 9. The van der Waals surface area contributed by atoms with Crippen molar-refractivity contribution in [1.29, 1.82) is 0 Å². The Hall–Kier alpha value is -4.85. The van der Waals surface area contributed by atoms with E-state index in [4.69, 9.17) is 13.3 Å². The van der Waals surface area contributed by atoms with E-state index in [9.17, 15) is 0 Å². The minimum absolute atomic E-state index is 0.904. The number of furan rings is 3. The second kappa shape index (κ2) is 8.32. The van der Waals surface area contributed by atoms with Gasteiger partial charge in [-0.3, -0.25) is 0 Å². The summed E-state index contributed by atoms with van der Waals surface area (Å²) in [6.45, 7) is 0. The number of hydrogen-bond acceptors (Lipinski definition) is 3. The Bertz CT molecular complexity index is 2130. The molecule has 0 saturated carbocycles. The van der Waals surface area contributed by atoms with E-state index < -0.39 is 7.92 Å². The smallest absolute Gasteiger partial charge is 0.136 e. The molecule has 0 bridgehead atoms. The van der Waals surface area contributed by atoms with Gasteiger partial charge in [0.2, 0.25) is 0 Å². The maximum absolute atomic E-state index is 6.31. The average Bonchev–Trinajstić information content (AvgIpc) is 3.67. The van der Waals surface area contributed by atoms with Gasteiger partial charge < -0.3 is 13.3 Å². The molecule has 6 aromatic carbocycles. The summed E-state index contributed by atoms with van der Waals surface area (Å²) in [4.78, 5) is 0. The standard InChI is InChI=1S/C36H21O3P/c1-4-10-31-25(7-1)28-16-13-22(19-34(28)37-31)40(23-14-17-29-26-8-2-5-11-32(26)38-35(29)20-23)24-15-18-30-27-9-3-6-12-33(27)39-36(30)21-24/h1-21H. The fraction of sp³-hybridized carbons (Fsp3) is 0. The lowest BCUT2D eigenvalue weighted by Crippen LogP contribution is -2.20. The highest BCUT2D eigenvalue weighted by Gasteiger charge is 2.21. The summed E-state index contributed by atoms with van der Waals surface area (Å²) < 4.78 is 18.9. The van der Waals surface area contributed by atoms with Crippen molar-refractivity contribution < 1.29 is 13.3 Å². The number of para-hydroxylation sites is 3. The molecule has 3 heterocycles. The maximum Gasteiger partial charge on any atom is 0.136 e. The van der Waals surface area contributed by atoms with Crippen molar-refractivity contribution in [3.05, 3.63) is 127 Å². The Balaban J connectivity index is 1.29. The topological polar surface area (TPSA) is 39.4 Å². The Morgan fingerprint density at radius 1 is 0.300 bits per heavy atom. The first kappa shape index (κ1) is 22.0. The predicted octanol–water partition coefficient (Wildman–Crippen LogP) is 9.14.